The standard InChI is InChI=1S/C12H15NO2S/c1-5-11(4)13-16(14,15)12-7-6-9(2)8-10(12)3/h1,6-8,11,13H,2-4H3. The molecule has 16 heavy (non-hydrogen) atoms. The summed E-state index contributed by atoms with van der Waals surface area (Å²) in [6.45, 7) is 5.31. The molecule has 1 N–H and O–H groups in total. The molecular formula is C12H15NO2S. The molecule has 3 nitrogen and oxygen atoms in total. The zero-order valence-electron chi connectivity index (χ0n) is 9.61. The molecule has 0 bridgehead atoms. The van der Waals surface area contributed by atoms with Crippen LogP contribution in [-0.4, -0.2) is 14.5 Å². The normalized spacial score (nSPS) is 13.1. The van der Waals surface area contributed by atoms with E-state index >= 15 is 0 Å². The van der Waals surface area contributed by atoms with Gasteiger partial charge in [0.25, 0.3) is 0 Å². The van der Waals surface area contributed by atoms with Crippen molar-refractivity contribution in [2.45, 2.75) is 31.7 Å². The summed E-state index contributed by atoms with van der Waals surface area (Å²) in [5.74, 6) is 2.33. The minimum atomic E-state index is -3.51. The van der Waals surface area contributed by atoms with Crippen molar-refractivity contribution in [3.63, 3.8) is 0 Å². The smallest absolute Gasteiger partial charge is 0.207 e. The molecule has 0 aliphatic rings. The Morgan fingerprint density at radius 3 is 2.50 bits per heavy atom. The van der Waals surface area contributed by atoms with Crippen LogP contribution in [0.5, 0.6) is 0 Å². The number of terminal acetylenes is 1. The maximum absolute atomic E-state index is 11.9. The van der Waals surface area contributed by atoms with E-state index in [1.165, 1.54) is 0 Å². The van der Waals surface area contributed by atoms with Crippen molar-refractivity contribution in [3.8, 4) is 12.3 Å². The number of hydrogen-bond donors (Lipinski definition) is 1. The van der Waals surface area contributed by atoms with Gasteiger partial charge in [0.1, 0.15) is 0 Å². The van der Waals surface area contributed by atoms with E-state index in [1.54, 1.807) is 26.0 Å². The van der Waals surface area contributed by atoms with Crippen molar-refractivity contribution in [2.24, 2.45) is 0 Å². The molecule has 1 aromatic rings. The van der Waals surface area contributed by atoms with E-state index in [4.69, 9.17) is 6.42 Å². The van der Waals surface area contributed by atoms with Gasteiger partial charge in [0.2, 0.25) is 10.0 Å². The molecule has 0 spiro atoms. The van der Waals surface area contributed by atoms with E-state index in [-0.39, 0.29) is 4.90 Å². The van der Waals surface area contributed by atoms with Crippen LogP contribution in [0.25, 0.3) is 0 Å². The Bertz CT molecular complexity index is 526. The quantitative estimate of drug-likeness (QED) is 0.812. The summed E-state index contributed by atoms with van der Waals surface area (Å²) in [6.07, 6.45) is 5.14. The van der Waals surface area contributed by atoms with Crippen LogP contribution in [0, 0.1) is 26.2 Å². The fraction of sp³-hybridized carbons (Fsp3) is 0.333. The summed E-state index contributed by atoms with van der Waals surface area (Å²) >= 11 is 0. The molecule has 0 saturated carbocycles. The Balaban J connectivity index is 3.14. The Hall–Kier alpha value is -1.31. The number of rotatable bonds is 3. The third kappa shape index (κ3) is 2.84. The van der Waals surface area contributed by atoms with Crippen molar-refractivity contribution in [3.05, 3.63) is 29.3 Å². The highest BCUT2D eigenvalue weighted by Crippen LogP contribution is 2.16. The van der Waals surface area contributed by atoms with Gasteiger partial charge in [0.15, 0.2) is 0 Å². The fourth-order valence-electron chi connectivity index (χ4n) is 1.43. The molecule has 0 aromatic heterocycles. The molecule has 0 radical (unpaired) electrons. The van der Waals surface area contributed by atoms with E-state index < -0.39 is 16.1 Å². The minimum absolute atomic E-state index is 0.278. The molecule has 1 atom stereocenters. The molecular weight excluding hydrogens is 222 g/mol. The van der Waals surface area contributed by atoms with Gasteiger partial charge >= 0.3 is 0 Å². The first-order chi connectivity index (χ1) is 7.36. The Kier molecular flexibility index (Phi) is 3.74. The van der Waals surface area contributed by atoms with Crippen LogP contribution in [-0.2, 0) is 10.0 Å². The Morgan fingerprint density at radius 1 is 1.38 bits per heavy atom. The molecule has 0 saturated heterocycles. The predicted molar refractivity (Wildman–Crippen MR) is 64.5 cm³/mol. The van der Waals surface area contributed by atoms with Crippen LogP contribution in [0.4, 0.5) is 0 Å². The highest BCUT2D eigenvalue weighted by atomic mass is 32.2. The molecule has 0 amide bonds. The average Bonchev–Trinajstić information content (AvgIpc) is 2.16. The van der Waals surface area contributed by atoms with Crippen molar-refractivity contribution < 1.29 is 8.42 Å². The van der Waals surface area contributed by atoms with Crippen molar-refractivity contribution >= 4 is 10.0 Å². The molecule has 1 aromatic carbocycles. The molecule has 0 aliphatic heterocycles. The molecule has 4 heteroatoms. The summed E-state index contributed by atoms with van der Waals surface area (Å²) in [5, 5.41) is 0. The van der Waals surface area contributed by atoms with Gasteiger partial charge in [-0.05, 0) is 32.4 Å². The third-order valence-electron chi connectivity index (χ3n) is 2.20. The number of sulfonamides is 1. The zero-order valence-corrected chi connectivity index (χ0v) is 10.4. The van der Waals surface area contributed by atoms with Gasteiger partial charge in [0, 0.05) is 0 Å². The molecule has 0 fully saturated rings. The lowest BCUT2D eigenvalue weighted by Gasteiger charge is -2.11. The van der Waals surface area contributed by atoms with E-state index in [0.717, 1.165) is 11.1 Å². The van der Waals surface area contributed by atoms with Crippen LogP contribution in [0.2, 0.25) is 0 Å². The number of aryl methyl sites for hydroxylation is 2. The number of benzene rings is 1. The summed E-state index contributed by atoms with van der Waals surface area (Å²) < 4.78 is 26.3. The highest BCUT2D eigenvalue weighted by molar-refractivity contribution is 7.89. The molecule has 0 heterocycles. The predicted octanol–water partition coefficient (Wildman–Crippen LogP) is 1.60. The lowest BCUT2D eigenvalue weighted by molar-refractivity contribution is 0.577. The van der Waals surface area contributed by atoms with Crippen LogP contribution in [0.1, 0.15) is 18.1 Å². The van der Waals surface area contributed by atoms with Gasteiger partial charge in [-0.3, -0.25) is 0 Å². The summed E-state index contributed by atoms with van der Waals surface area (Å²) in [6, 6.07) is 4.68. The van der Waals surface area contributed by atoms with Gasteiger partial charge in [-0.25, -0.2) is 8.42 Å². The topological polar surface area (TPSA) is 46.2 Å². The molecule has 0 aliphatic carbocycles. The maximum Gasteiger partial charge on any atom is 0.241 e. The van der Waals surface area contributed by atoms with Gasteiger partial charge in [-0.15, -0.1) is 6.42 Å². The van der Waals surface area contributed by atoms with Crippen LogP contribution >= 0.6 is 0 Å². The largest absolute Gasteiger partial charge is 0.241 e. The van der Waals surface area contributed by atoms with E-state index in [2.05, 4.69) is 10.6 Å². The third-order valence-corrected chi connectivity index (χ3v) is 3.90. The van der Waals surface area contributed by atoms with E-state index in [9.17, 15) is 8.42 Å². The van der Waals surface area contributed by atoms with E-state index in [1.807, 2.05) is 13.0 Å². The van der Waals surface area contributed by atoms with Crippen molar-refractivity contribution in [2.75, 3.05) is 0 Å². The fourth-order valence-corrected chi connectivity index (χ4v) is 2.82. The van der Waals surface area contributed by atoms with Gasteiger partial charge in [-0.2, -0.15) is 4.72 Å². The van der Waals surface area contributed by atoms with Gasteiger partial charge in [0.05, 0.1) is 10.9 Å². The first-order valence-corrected chi connectivity index (χ1v) is 6.41. The monoisotopic (exact) mass is 237 g/mol. The second-order valence-electron chi connectivity index (χ2n) is 3.78. The maximum atomic E-state index is 11.9. The summed E-state index contributed by atoms with van der Waals surface area (Å²) in [5.41, 5.74) is 1.75. The van der Waals surface area contributed by atoms with Crippen LogP contribution in [0.3, 0.4) is 0 Å². The molecule has 86 valence electrons. The van der Waals surface area contributed by atoms with E-state index in [0.29, 0.717) is 0 Å². The second kappa shape index (κ2) is 4.69. The first kappa shape index (κ1) is 12.8. The van der Waals surface area contributed by atoms with Gasteiger partial charge in [-0.1, -0.05) is 23.6 Å². The first-order valence-electron chi connectivity index (χ1n) is 4.92. The van der Waals surface area contributed by atoms with Crippen molar-refractivity contribution in [1.29, 1.82) is 0 Å². The highest BCUT2D eigenvalue weighted by Gasteiger charge is 2.18. The molecule has 1 unspecified atom stereocenters. The van der Waals surface area contributed by atoms with Gasteiger partial charge < -0.3 is 0 Å². The second-order valence-corrected chi connectivity index (χ2v) is 5.46. The van der Waals surface area contributed by atoms with Crippen LogP contribution in [0.15, 0.2) is 23.1 Å². The summed E-state index contributed by atoms with van der Waals surface area (Å²) in [4.78, 5) is 0.278. The SMILES string of the molecule is C#CC(C)NS(=O)(=O)c1ccc(C)cc1C. The van der Waals surface area contributed by atoms with Crippen LogP contribution < -0.4 is 4.72 Å². The lowest BCUT2D eigenvalue weighted by atomic mass is 10.2. The Morgan fingerprint density at radius 2 is 2.00 bits per heavy atom. The number of hydrogen-bond acceptors (Lipinski definition) is 2. The zero-order chi connectivity index (χ0) is 12.3. The number of nitrogens with one attached hydrogen (secondary N) is 1. The lowest BCUT2D eigenvalue weighted by Crippen LogP contribution is -2.31. The molecule has 1 rings (SSSR count). The minimum Gasteiger partial charge on any atom is -0.207 e. The average molecular weight is 237 g/mol. The summed E-state index contributed by atoms with van der Waals surface area (Å²) in [7, 11) is -3.51. The van der Waals surface area contributed by atoms with Crippen molar-refractivity contribution in [1.82, 2.24) is 4.72 Å². The Labute approximate surface area is 96.9 Å².